The summed E-state index contributed by atoms with van der Waals surface area (Å²) in [6, 6.07) is 10.9. The van der Waals surface area contributed by atoms with Crippen LogP contribution in [0.1, 0.15) is 44.1 Å². The molecule has 0 saturated heterocycles. The molecule has 0 bridgehead atoms. The highest BCUT2D eigenvalue weighted by Gasteiger charge is 2.20. The summed E-state index contributed by atoms with van der Waals surface area (Å²) in [5.41, 5.74) is 2.26. The highest BCUT2D eigenvalue weighted by molar-refractivity contribution is 14.1. The highest BCUT2D eigenvalue weighted by atomic mass is 127. The zero-order valence-electron chi connectivity index (χ0n) is 13.0. The quantitative estimate of drug-likeness (QED) is 0.497. The fraction of sp³-hybridized carbons (Fsp3) is 0.368. The van der Waals surface area contributed by atoms with E-state index in [0.717, 1.165) is 5.92 Å². The van der Waals surface area contributed by atoms with Crippen molar-refractivity contribution in [1.82, 2.24) is 0 Å². The summed E-state index contributed by atoms with van der Waals surface area (Å²) in [6.45, 7) is 2.31. The maximum Gasteiger partial charge on any atom is 0.202 e. The van der Waals surface area contributed by atoms with Gasteiger partial charge in [0.15, 0.2) is 34.6 Å². The molecule has 3 rings (SSSR count). The molecule has 1 aliphatic carbocycles. The molecule has 0 aromatic heterocycles. The Morgan fingerprint density at radius 2 is 1.57 bits per heavy atom. The van der Waals surface area contributed by atoms with Crippen molar-refractivity contribution in [2.45, 2.75) is 38.5 Å². The van der Waals surface area contributed by atoms with Crippen LogP contribution in [0.15, 0.2) is 36.4 Å². The lowest BCUT2D eigenvalue weighted by Gasteiger charge is -2.26. The molecule has 0 atom stereocenters. The molecule has 0 heterocycles. The van der Waals surface area contributed by atoms with Crippen molar-refractivity contribution in [2.75, 3.05) is 0 Å². The van der Waals surface area contributed by atoms with Crippen LogP contribution >= 0.6 is 23.0 Å². The average Bonchev–Trinajstić information content (AvgIpc) is 2.58. The first-order valence-corrected chi connectivity index (χ1v) is 8.85. The molecule has 23 heavy (non-hydrogen) atoms. The minimum absolute atomic E-state index is 0.0835. The van der Waals surface area contributed by atoms with E-state index < -0.39 is 11.6 Å². The maximum absolute atomic E-state index is 14.2. The van der Waals surface area contributed by atoms with Crippen molar-refractivity contribution in [3.63, 3.8) is 0 Å². The Labute approximate surface area is 149 Å². The van der Waals surface area contributed by atoms with Crippen LogP contribution in [0.25, 0.3) is 11.1 Å². The van der Waals surface area contributed by atoms with E-state index in [1.807, 2.05) is 12.1 Å². The van der Waals surface area contributed by atoms with Gasteiger partial charge in [-0.2, -0.15) is 4.39 Å². The van der Waals surface area contributed by atoms with Crippen LogP contribution in [0, 0.1) is 17.6 Å². The second-order valence-electron chi connectivity index (χ2n) is 6.40. The van der Waals surface area contributed by atoms with Gasteiger partial charge in [-0.25, -0.2) is 4.39 Å². The van der Waals surface area contributed by atoms with E-state index in [4.69, 9.17) is 3.07 Å². The topological polar surface area (TPSA) is 9.23 Å². The Hall–Kier alpha value is -1.17. The Bertz CT molecular complexity index is 677. The molecule has 1 fully saturated rings. The zero-order valence-corrected chi connectivity index (χ0v) is 15.1. The van der Waals surface area contributed by atoms with Crippen LogP contribution in [0.5, 0.6) is 5.75 Å². The van der Waals surface area contributed by atoms with Gasteiger partial charge in [-0.05, 0) is 47.9 Å². The molecule has 1 nitrogen and oxygen atoms in total. The maximum atomic E-state index is 14.2. The summed E-state index contributed by atoms with van der Waals surface area (Å²) in [5.74, 6) is -0.474. The van der Waals surface area contributed by atoms with Crippen LogP contribution in [0.4, 0.5) is 8.78 Å². The lowest BCUT2D eigenvalue weighted by atomic mass is 9.79. The van der Waals surface area contributed by atoms with Crippen LogP contribution in [-0.2, 0) is 0 Å². The SMILES string of the molecule is CC1CCC(c2ccc(-c3ccc(OI)c(F)c3F)cc2)CC1. The number of rotatable bonds is 3. The zero-order chi connectivity index (χ0) is 16.4. The molecule has 0 spiro atoms. The summed E-state index contributed by atoms with van der Waals surface area (Å²) < 4.78 is 32.8. The summed E-state index contributed by atoms with van der Waals surface area (Å²) in [6.07, 6.45) is 4.96. The second kappa shape index (κ2) is 7.16. The average molecular weight is 428 g/mol. The van der Waals surface area contributed by atoms with Crippen LogP contribution in [0.2, 0.25) is 0 Å². The third-order valence-corrected chi connectivity index (χ3v) is 5.31. The molecule has 0 aliphatic heterocycles. The molecule has 0 radical (unpaired) electrons. The minimum Gasteiger partial charge on any atom is -0.424 e. The lowest BCUT2D eigenvalue weighted by Crippen LogP contribution is -2.10. The molecule has 2 aromatic carbocycles. The van der Waals surface area contributed by atoms with Crippen molar-refractivity contribution in [2.24, 2.45) is 5.92 Å². The van der Waals surface area contributed by atoms with Gasteiger partial charge in [0.05, 0.1) is 0 Å². The van der Waals surface area contributed by atoms with Gasteiger partial charge in [0.25, 0.3) is 0 Å². The van der Waals surface area contributed by atoms with E-state index in [0.29, 0.717) is 11.5 Å². The van der Waals surface area contributed by atoms with Crippen LogP contribution < -0.4 is 3.07 Å². The molecule has 2 aromatic rings. The Kier molecular flexibility index (Phi) is 5.19. The molecule has 1 aliphatic rings. The number of benzene rings is 2. The van der Waals surface area contributed by atoms with Crippen molar-refractivity contribution >= 4 is 23.0 Å². The third kappa shape index (κ3) is 3.52. The van der Waals surface area contributed by atoms with E-state index in [9.17, 15) is 8.78 Å². The van der Waals surface area contributed by atoms with Gasteiger partial charge in [0.1, 0.15) is 0 Å². The van der Waals surface area contributed by atoms with Gasteiger partial charge in [0, 0.05) is 5.56 Å². The monoisotopic (exact) mass is 428 g/mol. The largest absolute Gasteiger partial charge is 0.424 e. The molecule has 0 unspecified atom stereocenters. The fourth-order valence-corrected chi connectivity index (χ4v) is 3.68. The first-order valence-electron chi connectivity index (χ1n) is 7.97. The van der Waals surface area contributed by atoms with Crippen molar-refractivity contribution in [1.29, 1.82) is 0 Å². The first kappa shape index (κ1) is 16.7. The molecular weight excluding hydrogens is 409 g/mol. The molecule has 0 N–H and O–H groups in total. The third-order valence-electron chi connectivity index (χ3n) is 4.84. The summed E-state index contributed by atoms with van der Waals surface area (Å²) >= 11 is 1.55. The number of halogens is 3. The lowest BCUT2D eigenvalue weighted by molar-refractivity contribution is 0.348. The first-order chi connectivity index (χ1) is 11.1. The van der Waals surface area contributed by atoms with Gasteiger partial charge < -0.3 is 3.07 Å². The minimum atomic E-state index is -0.942. The Morgan fingerprint density at radius 1 is 0.913 bits per heavy atom. The van der Waals surface area contributed by atoms with E-state index in [1.165, 1.54) is 37.3 Å². The van der Waals surface area contributed by atoms with Gasteiger partial charge in [-0.15, -0.1) is 0 Å². The predicted octanol–water partition coefficient (Wildman–Crippen LogP) is 6.65. The van der Waals surface area contributed by atoms with E-state index in [1.54, 1.807) is 29.1 Å². The number of hydrogen-bond acceptors (Lipinski definition) is 1. The number of hydrogen-bond donors (Lipinski definition) is 0. The fourth-order valence-electron chi connectivity index (χ4n) is 3.34. The van der Waals surface area contributed by atoms with E-state index in [-0.39, 0.29) is 11.3 Å². The standard InChI is InChI=1S/C19H19F2IO/c1-12-2-4-13(5-3-12)14-6-8-15(9-7-14)16-10-11-17(23-22)19(21)18(16)20/h6-13H,2-5H2,1H3. The van der Waals surface area contributed by atoms with Gasteiger partial charge in [-0.1, -0.05) is 44.0 Å². The summed E-state index contributed by atoms with van der Waals surface area (Å²) in [5, 5.41) is 0. The van der Waals surface area contributed by atoms with Gasteiger partial charge in [0.2, 0.25) is 5.82 Å². The van der Waals surface area contributed by atoms with Crippen molar-refractivity contribution < 1.29 is 11.8 Å². The normalized spacial score (nSPS) is 21.2. The molecule has 0 amide bonds. The predicted molar refractivity (Wildman–Crippen MR) is 96.8 cm³/mol. The Morgan fingerprint density at radius 3 is 2.17 bits per heavy atom. The van der Waals surface area contributed by atoms with Crippen LogP contribution in [0.3, 0.4) is 0 Å². The molecular formula is C19H19F2IO. The smallest absolute Gasteiger partial charge is 0.202 e. The summed E-state index contributed by atoms with van der Waals surface area (Å²) in [4.78, 5) is 0. The molecule has 4 heteroatoms. The van der Waals surface area contributed by atoms with Crippen molar-refractivity contribution in [3.05, 3.63) is 53.6 Å². The highest BCUT2D eigenvalue weighted by Crippen LogP contribution is 2.37. The molecule has 1 saturated carbocycles. The van der Waals surface area contributed by atoms with E-state index in [2.05, 4.69) is 19.1 Å². The van der Waals surface area contributed by atoms with Crippen LogP contribution in [-0.4, -0.2) is 0 Å². The molecule has 122 valence electrons. The van der Waals surface area contributed by atoms with Gasteiger partial charge >= 0.3 is 0 Å². The van der Waals surface area contributed by atoms with Crippen molar-refractivity contribution in [3.8, 4) is 16.9 Å². The Balaban J connectivity index is 1.84. The van der Waals surface area contributed by atoms with E-state index >= 15 is 0 Å². The summed E-state index contributed by atoms with van der Waals surface area (Å²) in [7, 11) is 0. The second-order valence-corrected chi connectivity index (χ2v) is 6.84. The van der Waals surface area contributed by atoms with Gasteiger partial charge in [-0.3, -0.25) is 0 Å².